The van der Waals surface area contributed by atoms with Crippen LogP contribution in [0.5, 0.6) is 0 Å². The molecule has 2 saturated carbocycles. The minimum Gasteiger partial charge on any atom is -0.309 e. The van der Waals surface area contributed by atoms with Crippen molar-refractivity contribution in [3.8, 4) is 0 Å². The van der Waals surface area contributed by atoms with Gasteiger partial charge in [0.25, 0.3) is 11.8 Å². The zero-order valence-corrected chi connectivity index (χ0v) is 23.8. The molecule has 210 valence electrons. The zero-order chi connectivity index (χ0) is 28.4. The highest BCUT2D eigenvalue weighted by Crippen LogP contribution is 2.65. The van der Waals surface area contributed by atoms with Crippen LogP contribution in [0.4, 0.5) is 4.39 Å². The number of imide groups is 2. The molecule has 0 aromatic heterocycles. The molecule has 1 unspecified atom stereocenters. The molecule has 4 atom stereocenters. The number of carbonyl (C=O) groups is 4. The number of hydrogen-bond donors (Lipinski definition) is 2. The normalized spacial score (nSPS) is 28.8. The third kappa shape index (κ3) is 4.20. The molecule has 0 spiro atoms. The highest BCUT2D eigenvalue weighted by Gasteiger charge is 2.61. The van der Waals surface area contributed by atoms with Crippen molar-refractivity contribution < 1.29 is 23.6 Å². The first-order valence-electron chi connectivity index (χ1n) is 14.0. The molecule has 1 saturated heterocycles. The first-order valence-corrected chi connectivity index (χ1v) is 15.0. The predicted molar refractivity (Wildman–Crippen MR) is 149 cm³/mol. The highest BCUT2D eigenvalue weighted by molar-refractivity contribution is 7.98. The number of amides is 4. The molecule has 6 rings (SSSR count). The van der Waals surface area contributed by atoms with Crippen molar-refractivity contribution in [2.24, 2.45) is 16.7 Å². The van der Waals surface area contributed by atoms with Crippen molar-refractivity contribution in [2.75, 3.05) is 0 Å². The van der Waals surface area contributed by atoms with E-state index in [1.807, 2.05) is 12.1 Å². The predicted octanol–water partition coefficient (Wildman–Crippen LogP) is 4.82. The molecule has 9 heteroatoms. The molecule has 2 aromatic carbocycles. The van der Waals surface area contributed by atoms with E-state index in [-0.39, 0.29) is 28.9 Å². The van der Waals surface area contributed by atoms with E-state index in [1.165, 1.54) is 37.0 Å². The zero-order valence-electron chi connectivity index (χ0n) is 23.0. The van der Waals surface area contributed by atoms with Crippen LogP contribution in [0.2, 0.25) is 0 Å². The molecule has 2 aliphatic heterocycles. The van der Waals surface area contributed by atoms with Gasteiger partial charge in [-0.25, -0.2) is 4.39 Å². The van der Waals surface area contributed by atoms with Crippen LogP contribution < -0.4 is 10.6 Å². The maximum absolute atomic E-state index is 15.0. The molecule has 4 aliphatic rings. The largest absolute Gasteiger partial charge is 0.309 e. The van der Waals surface area contributed by atoms with Crippen LogP contribution in [0.25, 0.3) is 0 Å². The number of hydrogen-bond acceptors (Lipinski definition) is 6. The number of carbonyl (C=O) groups excluding carboxylic acids is 4. The fourth-order valence-corrected chi connectivity index (χ4v) is 8.36. The van der Waals surface area contributed by atoms with Gasteiger partial charge in [-0.3, -0.25) is 29.4 Å². The molecule has 2 aliphatic carbocycles. The summed E-state index contributed by atoms with van der Waals surface area (Å²) in [5.74, 6) is -1.85. The summed E-state index contributed by atoms with van der Waals surface area (Å²) in [7, 11) is 0. The van der Waals surface area contributed by atoms with Gasteiger partial charge in [0.15, 0.2) is 0 Å². The second kappa shape index (κ2) is 9.80. The van der Waals surface area contributed by atoms with Gasteiger partial charge < -0.3 is 5.32 Å². The molecular formula is C31H34FN3O4S. The van der Waals surface area contributed by atoms with Crippen molar-refractivity contribution in [3.63, 3.8) is 0 Å². The number of benzene rings is 2. The van der Waals surface area contributed by atoms with Crippen molar-refractivity contribution in [2.45, 2.75) is 82.2 Å². The molecule has 0 radical (unpaired) electrons. The number of fused-ring (bicyclic) bond motifs is 3. The number of piperidine rings is 1. The Labute approximate surface area is 237 Å². The van der Waals surface area contributed by atoms with Crippen LogP contribution >= 0.6 is 11.8 Å². The quantitative estimate of drug-likeness (QED) is 0.370. The average molecular weight is 564 g/mol. The van der Waals surface area contributed by atoms with E-state index in [2.05, 4.69) is 43.5 Å². The maximum atomic E-state index is 15.0. The summed E-state index contributed by atoms with van der Waals surface area (Å²) in [4.78, 5) is 51.2. The Morgan fingerprint density at radius 1 is 1.00 bits per heavy atom. The van der Waals surface area contributed by atoms with Gasteiger partial charge in [0.05, 0.1) is 16.0 Å². The van der Waals surface area contributed by atoms with E-state index in [1.54, 1.807) is 0 Å². The van der Waals surface area contributed by atoms with Gasteiger partial charge in [-0.15, -0.1) is 11.8 Å². The summed E-state index contributed by atoms with van der Waals surface area (Å²) < 4.78 is 15.0. The van der Waals surface area contributed by atoms with Crippen molar-refractivity contribution in [1.29, 1.82) is 0 Å². The fourth-order valence-electron chi connectivity index (χ4n) is 7.31. The standard InChI is InChI=1S/C31H34FN3O4S/c1-30(2)19-12-13-31(30,3)23(14-19)33-15-17-4-6-18(7-5-17)16-40-26-21(32)9-8-20-25(26)29(39)35(28(20)38)22-10-11-24(36)34-27(22)37/h4-9,19,22-23,33H,10-16H2,1-3H3,(H,34,36,37)/t19-,22?,23+,31+/m1/s1. The van der Waals surface area contributed by atoms with E-state index >= 15 is 0 Å². The lowest BCUT2D eigenvalue weighted by Gasteiger charge is -2.39. The van der Waals surface area contributed by atoms with E-state index in [4.69, 9.17) is 0 Å². The molecule has 2 N–H and O–H groups in total. The van der Waals surface area contributed by atoms with Crippen LogP contribution in [0, 0.1) is 22.6 Å². The Kier molecular flexibility index (Phi) is 6.65. The number of halogens is 1. The third-order valence-electron chi connectivity index (χ3n) is 10.3. The van der Waals surface area contributed by atoms with Crippen LogP contribution in [-0.2, 0) is 21.9 Å². The monoisotopic (exact) mass is 563 g/mol. The molecule has 2 heterocycles. The molecule has 3 fully saturated rings. The number of rotatable bonds is 7. The van der Waals surface area contributed by atoms with E-state index in [9.17, 15) is 23.6 Å². The number of thioether (sulfide) groups is 1. The second-order valence-corrected chi connectivity index (χ2v) is 13.4. The molecule has 4 amide bonds. The lowest BCUT2D eigenvalue weighted by molar-refractivity contribution is -0.136. The minimum absolute atomic E-state index is 0.0113. The number of nitrogens with one attached hydrogen (secondary N) is 2. The Hall–Kier alpha value is -3.04. The minimum atomic E-state index is -1.08. The van der Waals surface area contributed by atoms with Crippen LogP contribution in [-0.4, -0.2) is 40.6 Å². The smallest absolute Gasteiger partial charge is 0.263 e. The number of nitrogens with zero attached hydrogens (tertiary/aromatic N) is 1. The molecule has 40 heavy (non-hydrogen) atoms. The van der Waals surface area contributed by atoms with Gasteiger partial charge in [0.1, 0.15) is 11.9 Å². The van der Waals surface area contributed by atoms with Crippen LogP contribution in [0.1, 0.15) is 84.7 Å². The van der Waals surface area contributed by atoms with Crippen molar-refractivity contribution in [1.82, 2.24) is 15.5 Å². The Morgan fingerprint density at radius 3 is 2.38 bits per heavy atom. The topological polar surface area (TPSA) is 95.6 Å². The molecule has 7 nitrogen and oxygen atoms in total. The van der Waals surface area contributed by atoms with Crippen LogP contribution in [0.15, 0.2) is 41.3 Å². The molecular weight excluding hydrogens is 529 g/mol. The summed E-state index contributed by atoms with van der Waals surface area (Å²) in [6.07, 6.45) is 3.92. The van der Waals surface area contributed by atoms with E-state index < -0.39 is 35.5 Å². The van der Waals surface area contributed by atoms with Gasteiger partial charge in [-0.1, -0.05) is 45.0 Å². The first kappa shape index (κ1) is 27.1. The Bertz CT molecular complexity index is 1420. The first-order chi connectivity index (χ1) is 19.0. The maximum Gasteiger partial charge on any atom is 0.263 e. The Balaban J connectivity index is 1.12. The lowest BCUT2D eigenvalue weighted by Crippen LogP contribution is -2.54. The van der Waals surface area contributed by atoms with Crippen molar-refractivity contribution in [3.05, 3.63) is 64.5 Å². The SMILES string of the molecule is CC1(C)[C@@H]2CC[C@@]1(C)[C@@H](NCc1ccc(CSc3c(F)ccc4c3C(=O)N(C3CCC(=O)NC3=O)C4=O)cc1)C2. The summed E-state index contributed by atoms with van der Waals surface area (Å²) in [5.41, 5.74) is 2.91. The average Bonchev–Trinajstić information content (AvgIpc) is 3.38. The van der Waals surface area contributed by atoms with Gasteiger partial charge in [-0.2, -0.15) is 0 Å². The van der Waals surface area contributed by atoms with Gasteiger partial charge >= 0.3 is 0 Å². The summed E-state index contributed by atoms with van der Waals surface area (Å²) in [6, 6.07) is 10.1. The summed E-state index contributed by atoms with van der Waals surface area (Å²) >= 11 is 1.16. The van der Waals surface area contributed by atoms with E-state index in [0.717, 1.165) is 34.7 Å². The van der Waals surface area contributed by atoms with Gasteiger partial charge in [0, 0.05) is 24.8 Å². The van der Waals surface area contributed by atoms with Gasteiger partial charge in [0.2, 0.25) is 11.8 Å². The second-order valence-electron chi connectivity index (χ2n) is 12.4. The lowest BCUT2D eigenvalue weighted by atomic mass is 9.69. The summed E-state index contributed by atoms with van der Waals surface area (Å²) in [5, 5.41) is 5.99. The van der Waals surface area contributed by atoms with Crippen LogP contribution in [0.3, 0.4) is 0 Å². The Morgan fingerprint density at radius 2 is 1.73 bits per heavy atom. The van der Waals surface area contributed by atoms with Crippen molar-refractivity contribution >= 4 is 35.4 Å². The summed E-state index contributed by atoms with van der Waals surface area (Å²) in [6.45, 7) is 8.06. The molecule has 2 aromatic rings. The molecule has 2 bridgehead atoms. The van der Waals surface area contributed by atoms with Gasteiger partial charge in [-0.05, 0) is 65.7 Å². The third-order valence-corrected chi connectivity index (χ3v) is 11.4. The fraction of sp³-hybridized carbons (Fsp3) is 0.484. The van der Waals surface area contributed by atoms with E-state index in [0.29, 0.717) is 22.6 Å². The highest BCUT2D eigenvalue weighted by atomic mass is 32.2.